The summed E-state index contributed by atoms with van der Waals surface area (Å²) in [5.41, 5.74) is 1.74. The summed E-state index contributed by atoms with van der Waals surface area (Å²) in [6.07, 6.45) is 3.64. The van der Waals surface area contributed by atoms with Crippen molar-refractivity contribution in [2.45, 2.75) is 50.1 Å². The van der Waals surface area contributed by atoms with E-state index < -0.39 is 6.43 Å². The van der Waals surface area contributed by atoms with E-state index in [2.05, 4.69) is 20.1 Å². The van der Waals surface area contributed by atoms with Crippen LogP contribution in [0.3, 0.4) is 0 Å². The lowest BCUT2D eigenvalue weighted by Crippen LogP contribution is -2.47. The van der Waals surface area contributed by atoms with Crippen molar-refractivity contribution in [3.8, 4) is 0 Å². The molecular weight excluding hydrogens is 414 g/mol. The maximum Gasteiger partial charge on any atom is 0.280 e. The average molecular weight is 434 g/mol. The van der Waals surface area contributed by atoms with E-state index in [0.717, 1.165) is 36.6 Å². The van der Waals surface area contributed by atoms with E-state index in [-0.39, 0.29) is 35.4 Å². The number of aromatic nitrogens is 5. The van der Waals surface area contributed by atoms with Crippen molar-refractivity contribution < 1.29 is 13.6 Å². The predicted molar refractivity (Wildman–Crippen MR) is 112 cm³/mol. The van der Waals surface area contributed by atoms with Crippen LogP contribution in [-0.2, 0) is 0 Å². The summed E-state index contributed by atoms with van der Waals surface area (Å²) in [6, 6.07) is 10.9. The van der Waals surface area contributed by atoms with Gasteiger partial charge in [-0.15, -0.1) is 0 Å². The summed E-state index contributed by atoms with van der Waals surface area (Å²) in [6.45, 7) is 0. The van der Waals surface area contributed by atoms with Crippen LogP contribution in [0.5, 0.6) is 0 Å². The zero-order valence-electron chi connectivity index (χ0n) is 17.1. The number of pyridine rings is 1. The number of piperidine rings is 1. The van der Waals surface area contributed by atoms with Crippen molar-refractivity contribution >= 4 is 22.6 Å². The maximum atomic E-state index is 13.8. The third-order valence-corrected chi connectivity index (χ3v) is 6.84. The number of amides is 1. The summed E-state index contributed by atoms with van der Waals surface area (Å²) < 4.78 is 28.6. The molecule has 7 nitrogen and oxygen atoms in total. The molecule has 6 rings (SSSR count). The number of nitrogens with zero attached hydrogens (tertiary/aromatic N) is 6. The summed E-state index contributed by atoms with van der Waals surface area (Å²) >= 11 is 0. The van der Waals surface area contributed by atoms with Gasteiger partial charge in [-0.25, -0.2) is 18.3 Å². The van der Waals surface area contributed by atoms with Gasteiger partial charge in [0, 0.05) is 29.6 Å². The topological polar surface area (TPSA) is 76.3 Å². The molecule has 0 spiro atoms. The predicted octanol–water partition coefficient (Wildman–Crippen LogP) is 4.16. The molecular formula is C23H20F2N6O. The Hall–Kier alpha value is -3.49. The molecule has 0 aliphatic carbocycles. The van der Waals surface area contributed by atoms with E-state index in [1.807, 2.05) is 29.2 Å². The molecule has 32 heavy (non-hydrogen) atoms. The Labute approximate surface area is 182 Å². The summed E-state index contributed by atoms with van der Waals surface area (Å²) in [5.74, 6) is 0.0187. The minimum absolute atomic E-state index is 0.0289. The lowest BCUT2D eigenvalue weighted by molar-refractivity contribution is 0.0556. The largest absolute Gasteiger partial charge is 0.332 e. The molecule has 3 atom stereocenters. The summed E-state index contributed by atoms with van der Waals surface area (Å²) in [5, 5.41) is 5.06. The Morgan fingerprint density at radius 1 is 1.06 bits per heavy atom. The number of fused-ring (bicyclic) bond motifs is 4. The third-order valence-electron chi connectivity index (χ3n) is 6.84. The van der Waals surface area contributed by atoms with Crippen molar-refractivity contribution in [2.75, 3.05) is 0 Å². The molecule has 1 aromatic carbocycles. The number of carbonyl (C=O) groups is 1. The first-order valence-electron chi connectivity index (χ1n) is 10.8. The smallest absolute Gasteiger partial charge is 0.280 e. The Morgan fingerprint density at radius 3 is 2.78 bits per heavy atom. The van der Waals surface area contributed by atoms with E-state index in [1.165, 1.54) is 12.4 Å². The van der Waals surface area contributed by atoms with Crippen molar-refractivity contribution in [3.63, 3.8) is 0 Å². The van der Waals surface area contributed by atoms with Crippen LogP contribution in [0.1, 0.15) is 59.8 Å². The van der Waals surface area contributed by atoms with Gasteiger partial charge in [-0.1, -0.05) is 18.2 Å². The molecule has 2 aliphatic heterocycles. The van der Waals surface area contributed by atoms with Crippen molar-refractivity contribution in [3.05, 3.63) is 65.9 Å². The molecule has 0 unspecified atom stereocenters. The van der Waals surface area contributed by atoms with Gasteiger partial charge in [0.25, 0.3) is 18.1 Å². The van der Waals surface area contributed by atoms with Crippen LogP contribution in [0.15, 0.2) is 48.9 Å². The van der Waals surface area contributed by atoms with Crippen LogP contribution in [0.2, 0.25) is 0 Å². The number of hydrogen-bond acceptors (Lipinski definition) is 5. The summed E-state index contributed by atoms with van der Waals surface area (Å²) in [4.78, 5) is 28.1. The molecule has 0 N–H and O–H groups in total. The molecule has 3 aromatic heterocycles. The molecule has 2 fully saturated rings. The number of carbonyl (C=O) groups excluding carboxylic acids is 1. The number of benzene rings is 1. The highest BCUT2D eigenvalue weighted by molar-refractivity contribution is 6.06. The Bertz CT molecular complexity index is 1330. The molecule has 0 radical (unpaired) electrons. The van der Waals surface area contributed by atoms with Crippen LogP contribution in [0.25, 0.3) is 16.7 Å². The Balaban J connectivity index is 1.43. The highest BCUT2D eigenvalue weighted by Gasteiger charge is 2.46. The monoisotopic (exact) mass is 434 g/mol. The van der Waals surface area contributed by atoms with Crippen LogP contribution in [0.4, 0.5) is 8.78 Å². The van der Waals surface area contributed by atoms with E-state index in [9.17, 15) is 13.6 Å². The van der Waals surface area contributed by atoms with Gasteiger partial charge in [0.2, 0.25) is 0 Å². The normalized spacial score (nSPS) is 22.8. The molecule has 2 aliphatic rings. The molecule has 2 bridgehead atoms. The molecule has 0 saturated carbocycles. The van der Waals surface area contributed by atoms with Crippen LogP contribution in [0, 0.1) is 0 Å². The number of alkyl halides is 2. The van der Waals surface area contributed by atoms with Gasteiger partial charge >= 0.3 is 0 Å². The minimum atomic E-state index is -2.70. The maximum absolute atomic E-state index is 13.8. The van der Waals surface area contributed by atoms with Crippen molar-refractivity contribution in [2.24, 2.45) is 0 Å². The fourth-order valence-corrected chi connectivity index (χ4v) is 5.47. The van der Waals surface area contributed by atoms with Gasteiger partial charge < -0.3 is 4.90 Å². The second kappa shape index (κ2) is 7.29. The zero-order valence-corrected chi connectivity index (χ0v) is 17.1. The van der Waals surface area contributed by atoms with Crippen LogP contribution < -0.4 is 0 Å². The van der Waals surface area contributed by atoms with Gasteiger partial charge in [0.15, 0.2) is 0 Å². The molecule has 2 saturated heterocycles. The van der Waals surface area contributed by atoms with Crippen LogP contribution >= 0.6 is 0 Å². The average Bonchev–Trinajstić information content (AvgIpc) is 3.41. The standard InChI is InChI=1S/C23H20F2N6O/c24-21(25)18-11-20(31-23(29-18)27-12-28-31)16-7-5-13-6-8-19(16)30(13)22(32)15-9-10-26-17-4-2-1-3-14(15)17/h1-4,9-13,16,19,21H,5-8H2/t13-,16-,19-/m0/s1. The SMILES string of the molecule is O=C(c1ccnc2ccccc12)N1[C@H]2CC[C@H](c3cc(C(F)F)nc4ncnn34)[C@@H]1CC2. The van der Waals surface area contributed by atoms with Gasteiger partial charge in [0.05, 0.1) is 16.8 Å². The number of para-hydroxylation sites is 1. The van der Waals surface area contributed by atoms with Gasteiger partial charge in [0.1, 0.15) is 12.0 Å². The lowest BCUT2D eigenvalue weighted by Gasteiger charge is -2.40. The first-order valence-corrected chi connectivity index (χ1v) is 10.8. The molecule has 4 aromatic rings. The van der Waals surface area contributed by atoms with E-state index >= 15 is 0 Å². The van der Waals surface area contributed by atoms with E-state index in [4.69, 9.17) is 0 Å². The molecule has 5 heterocycles. The van der Waals surface area contributed by atoms with Gasteiger partial charge in [-0.2, -0.15) is 10.1 Å². The fourth-order valence-electron chi connectivity index (χ4n) is 5.47. The van der Waals surface area contributed by atoms with Gasteiger partial charge in [-0.3, -0.25) is 9.78 Å². The van der Waals surface area contributed by atoms with Gasteiger partial charge in [-0.05, 0) is 43.9 Å². The van der Waals surface area contributed by atoms with Crippen molar-refractivity contribution in [1.29, 1.82) is 0 Å². The first kappa shape index (κ1) is 19.2. The second-order valence-corrected chi connectivity index (χ2v) is 8.45. The highest BCUT2D eigenvalue weighted by Crippen LogP contribution is 2.45. The minimum Gasteiger partial charge on any atom is -0.332 e. The number of hydrogen-bond donors (Lipinski definition) is 0. The number of rotatable bonds is 3. The van der Waals surface area contributed by atoms with E-state index in [1.54, 1.807) is 16.8 Å². The Kier molecular flexibility index (Phi) is 4.38. The first-order chi connectivity index (χ1) is 15.6. The quantitative estimate of drug-likeness (QED) is 0.484. The second-order valence-electron chi connectivity index (χ2n) is 8.45. The third kappa shape index (κ3) is 2.87. The lowest BCUT2D eigenvalue weighted by atomic mass is 9.86. The summed E-state index contributed by atoms with van der Waals surface area (Å²) in [7, 11) is 0. The molecule has 1 amide bonds. The zero-order chi connectivity index (χ0) is 21.8. The highest BCUT2D eigenvalue weighted by atomic mass is 19.3. The molecule has 162 valence electrons. The number of halogens is 2. The fraction of sp³-hybridized carbons (Fsp3) is 0.348. The van der Waals surface area contributed by atoms with E-state index in [0.29, 0.717) is 11.3 Å². The Morgan fingerprint density at radius 2 is 1.91 bits per heavy atom. The van der Waals surface area contributed by atoms with Crippen molar-refractivity contribution in [1.82, 2.24) is 29.5 Å². The van der Waals surface area contributed by atoms with Crippen LogP contribution in [-0.4, -0.2) is 47.5 Å². The molecule has 9 heteroatoms.